The molecule has 1 saturated heterocycles. The smallest absolute Gasteiger partial charge is 0.289 e. The van der Waals surface area contributed by atoms with Gasteiger partial charge in [-0.15, -0.1) is 0 Å². The van der Waals surface area contributed by atoms with Gasteiger partial charge in [-0.2, -0.15) is 0 Å². The van der Waals surface area contributed by atoms with Crippen molar-refractivity contribution in [3.05, 3.63) is 47.8 Å². The predicted molar refractivity (Wildman–Crippen MR) is 97.3 cm³/mol. The van der Waals surface area contributed by atoms with Crippen LogP contribution in [0.3, 0.4) is 0 Å². The summed E-state index contributed by atoms with van der Waals surface area (Å²) in [6, 6.07) is 7.00. The van der Waals surface area contributed by atoms with Crippen LogP contribution < -0.4 is 5.32 Å². The number of aryl methyl sites for hydroxylation is 1. The van der Waals surface area contributed by atoms with Gasteiger partial charge in [0.2, 0.25) is 5.91 Å². The van der Waals surface area contributed by atoms with Crippen LogP contribution in [0.2, 0.25) is 0 Å². The summed E-state index contributed by atoms with van der Waals surface area (Å²) in [5.74, 6) is 1.29. The van der Waals surface area contributed by atoms with Gasteiger partial charge in [-0.05, 0) is 31.2 Å². The van der Waals surface area contributed by atoms with Gasteiger partial charge in [0.15, 0.2) is 5.76 Å². The van der Waals surface area contributed by atoms with Crippen LogP contribution in [0.5, 0.6) is 0 Å². The maximum atomic E-state index is 12.3. The minimum Gasteiger partial charge on any atom is -0.465 e. The number of morpholine rings is 1. The van der Waals surface area contributed by atoms with E-state index in [1.165, 1.54) is 11.2 Å². The molecule has 0 spiro atoms. The van der Waals surface area contributed by atoms with Crippen molar-refractivity contribution in [2.24, 2.45) is 0 Å². The summed E-state index contributed by atoms with van der Waals surface area (Å²) in [5, 5.41) is 2.91. The van der Waals surface area contributed by atoms with Crippen LogP contribution in [0.25, 0.3) is 0 Å². The van der Waals surface area contributed by atoms with E-state index in [2.05, 4.69) is 10.2 Å². The lowest BCUT2D eigenvalue weighted by atomic mass is 10.1. The zero-order valence-electron chi connectivity index (χ0n) is 15.6. The van der Waals surface area contributed by atoms with Crippen LogP contribution in [0.15, 0.2) is 39.4 Å². The van der Waals surface area contributed by atoms with Gasteiger partial charge in [0, 0.05) is 26.7 Å². The van der Waals surface area contributed by atoms with E-state index in [9.17, 15) is 9.59 Å². The van der Waals surface area contributed by atoms with Gasteiger partial charge in [0.05, 0.1) is 32.1 Å². The largest absolute Gasteiger partial charge is 0.465 e. The van der Waals surface area contributed by atoms with Crippen LogP contribution in [-0.2, 0) is 9.53 Å². The Morgan fingerprint density at radius 1 is 1.26 bits per heavy atom. The molecule has 8 nitrogen and oxygen atoms in total. The highest BCUT2D eigenvalue weighted by Gasteiger charge is 2.26. The summed E-state index contributed by atoms with van der Waals surface area (Å²) in [4.78, 5) is 28.1. The minimum atomic E-state index is -0.332. The second kappa shape index (κ2) is 8.88. The highest BCUT2D eigenvalue weighted by molar-refractivity contribution is 5.94. The molecule has 1 fully saturated rings. The second-order valence-corrected chi connectivity index (χ2v) is 6.56. The van der Waals surface area contributed by atoms with Gasteiger partial charge in [-0.1, -0.05) is 0 Å². The van der Waals surface area contributed by atoms with Crippen molar-refractivity contribution in [1.29, 1.82) is 0 Å². The molecular weight excluding hydrogens is 350 g/mol. The molecule has 0 bridgehead atoms. The Bertz CT molecular complexity index is 749. The first kappa shape index (κ1) is 19.2. The Labute approximate surface area is 158 Å². The lowest BCUT2D eigenvalue weighted by Crippen LogP contribution is -2.45. The van der Waals surface area contributed by atoms with Crippen molar-refractivity contribution in [1.82, 2.24) is 15.1 Å². The normalized spacial score (nSPS) is 16.1. The van der Waals surface area contributed by atoms with Crippen LogP contribution in [0.1, 0.15) is 28.1 Å². The van der Waals surface area contributed by atoms with Gasteiger partial charge < -0.3 is 23.8 Å². The first-order valence-electron chi connectivity index (χ1n) is 8.98. The summed E-state index contributed by atoms with van der Waals surface area (Å²) in [7, 11) is 1.57. The highest BCUT2D eigenvalue weighted by atomic mass is 16.5. The van der Waals surface area contributed by atoms with Crippen molar-refractivity contribution in [3.8, 4) is 0 Å². The van der Waals surface area contributed by atoms with E-state index in [-0.39, 0.29) is 30.2 Å². The molecule has 8 heteroatoms. The first-order valence-corrected chi connectivity index (χ1v) is 8.98. The van der Waals surface area contributed by atoms with Crippen molar-refractivity contribution < 1.29 is 23.2 Å². The number of nitrogens with one attached hydrogen (secondary N) is 1. The fourth-order valence-corrected chi connectivity index (χ4v) is 3.07. The van der Waals surface area contributed by atoms with Gasteiger partial charge in [-0.3, -0.25) is 14.5 Å². The van der Waals surface area contributed by atoms with E-state index in [0.29, 0.717) is 19.8 Å². The number of hydrogen-bond donors (Lipinski definition) is 1. The monoisotopic (exact) mass is 375 g/mol. The lowest BCUT2D eigenvalue weighted by molar-refractivity contribution is -0.122. The van der Waals surface area contributed by atoms with Crippen molar-refractivity contribution in [2.75, 3.05) is 46.4 Å². The molecule has 3 rings (SSSR count). The third kappa shape index (κ3) is 4.99. The maximum absolute atomic E-state index is 12.3. The molecule has 0 aliphatic carbocycles. The zero-order chi connectivity index (χ0) is 19.2. The molecule has 0 aromatic carbocycles. The molecule has 2 aromatic rings. The van der Waals surface area contributed by atoms with E-state index < -0.39 is 0 Å². The Morgan fingerprint density at radius 2 is 2.04 bits per heavy atom. The Balaban J connectivity index is 1.57. The number of carbonyl (C=O) groups excluding carboxylic acids is 2. The number of ether oxygens (including phenoxy) is 1. The molecule has 3 heterocycles. The van der Waals surface area contributed by atoms with Crippen molar-refractivity contribution >= 4 is 11.8 Å². The standard InChI is InChI=1S/C19H25N3O5/c1-14-5-6-16(27-14)15(22-7-10-25-11-8-22)12-20-18(23)13-21(2)19(24)17-4-3-9-26-17/h3-6,9,15H,7-8,10-13H2,1-2H3,(H,20,23). The molecule has 27 heavy (non-hydrogen) atoms. The van der Waals surface area contributed by atoms with Crippen LogP contribution in [-0.4, -0.2) is 68.1 Å². The summed E-state index contributed by atoms with van der Waals surface area (Å²) >= 11 is 0. The number of rotatable bonds is 7. The van der Waals surface area contributed by atoms with Gasteiger partial charge in [0.25, 0.3) is 5.91 Å². The van der Waals surface area contributed by atoms with Crippen molar-refractivity contribution in [2.45, 2.75) is 13.0 Å². The fourth-order valence-electron chi connectivity index (χ4n) is 3.07. The first-order chi connectivity index (χ1) is 13.0. The third-order valence-corrected chi connectivity index (χ3v) is 4.53. The molecule has 146 valence electrons. The number of amides is 2. The van der Waals surface area contributed by atoms with E-state index in [0.717, 1.165) is 24.6 Å². The molecule has 0 radical (unpaired) electrons. The molecule has 1 aliphatic rings. The van der Waals surface area contributed by atoms with Crippen LogP contribution >= 0.6 is 0 Å². The number of likely N-dealkylation sites (N-methyl/N-ethyl adjacent to an activating group) is 1. The Hall–Kier alpha value is -2.58. The van der Waals surface area contributed by atoms with E-state index >= 15 is 0 Å². The summed E-state index contributed by atoms with van der Waals surface area (Å²) < 4.78 is 16.3. The van der Waals surface area contributed by atoms with Crippen LogP contribution in [0.4, 0.5) is 0 Å². The quantitative estimate of drug-likeness (QED) is 0.788. The molecule has 0 saturated carbocycles. The Morgan fingerprint density at radius 3 is 2.67 bits per heavy atom. The van der Waals surface area contributed by atoms with E-state index in [1.54, 1.807) is 19.2 Å². The number of furan rings is 2. The zero-order valence-corrected chi connectivity index (χ0v) is 15.6. The SMILES string of the molecule is Cc1ccc(C(CNC(=O)CN(C)C(=O)c2ccco2)N2CCOCC2)o1. The summed E-state index contributed by atoms with van der Waals surface area (Å²) in [6.07, 6.45) is 1.43. The number of carbonyl (C=O) groups is 2. The Kier molecular flexibility index (Phi) is 6.31. The van der Waals surface area contributed by atoms with E-state index in [1.807, 2.05) is 19.1 Å². The average molecular weight is 375 g/mol. The lowest BCUT2D eigenvalue weighted by Gasteiger charge is -2.33. The summed E-state index contributed by atoms with van der Waals surface area (Å²) in [5.41, 5.74) is 0. The molecule has 2 amide bonds. The number of nitrogens with zero attached hydrogens (tertiary/aromatic N) is 2. The molecular formula is C19H25N3O5. The van der Waals surface area contributed by atoms with E-state index in [4.69, 9.17) is 13.6 Å². The van der Waals surface area contributed by atoms with Gasteiger partial charge in [-0.25, -0.2) is 0 Å². The van der Waals surface area contributed by atoms with Gasteiger partial charge >= 0.3 is 0 Å². The number of hydrogen-bond acceptors (Lipinski definition) is 6. The highest BCUT2D eigenvalue weighted by Crippen LogP contribution is 2.23. The van der Waals surface area contributed by atoms with Crippen LogP contribution in [0, 0.1) is 6.92 Å². The van der Waals surface area contributed by atoms with Gasteiger partial charge in [0.1, 0.15) is 11.5 Å². The average Bonchev–Trinajstić information content (AvgIpc) is 3.34. The molecule has 1 atom stereocenters. The molecule has 2 aromatic heterocycles. The third-order valence-electron chi connectivity index (χ3n) is 4.53. The van der Waals surface area contributed by atoms with Crippen molar-refractivity contribution in [3.63, 3.8) is 0 Å². The fraction of sp³-hybridized carbons (Fsp3) is 0.474. The second-order valence-electron chi connectivity index (χ2n) is 6.56. The minimum absolute atomic E-state index is 0.0491. The molecule has 1 unspecified atom stereocenters. The summed E-state index contributed by atoms with van der Waals surface area (Å²) in [6.45, 7) is 5.11. The topological polar surface area (TPSA) is 88.2 Å². The predicted octanol–water partition coefficient (Wildman–Crippen LogP) is 1.44. The maximum Gasteiger partial charge on any atom is 0.289 e. The molecule has 1 aliphatic heterocycles. The molecule has 1 N–H and O–H groups in total.